The van der Waals surface area contributed by atoms with Crippen LogP contribution in [-0.4, -0.2) is 76.0 Å². The zero-order valence-electron chi connectivity index (χ0n) is 12.0. The molecule has 1 saturated carbocycles. The summed E-state index contributed by atoms with van der Waals surface area (Å²) >= 11 is 0. The maximum absolute atomic E-state index is 12.7. The van der Waals surface area contributed by atoms with Gasteiger partial charge in [-0.25, -0.2) is 9.59 Å². The molecule has 2 amide bonds. The summed E-state index contributed by atoms with van der Waals surface area (Å²) in [7, 11) is 0. The summed E-state index contributed by atoms with van der Waals surface area (Å²) in [4.78, 5) is 27.1. The number of urea groups is 1. The van der Waals surface area contributed by atoms with Crippen LogP contribution in [0, 0.1) is 0 Å². The van der Waals surface area contributed by atoms with Gasteiger partial charge in [-0.3, -0.25) is 0 Å². The zero-order valence-corrected chi connectivity index (χ0v) is 12.0. The summed E-state index contributed by atoms with van der Waals surface area (Å²) in [5, 5.41) is 18.9. The Hall–Kier alpha value is -1.34. The van der Waals surface area contributed by atoms with Crippen molar-refractivity contribution in [1.29, 1.82) is 0 Å². The highest BCUT2D eigenvalue weighted by Gasteiger charge is 2.44. The van der Waals surface area contributed by atoms with Gasteiger partial charge in [-0.1, -0.05) is 12.8 Å². The predicted molar refractivity (Wildman–Crippen MR) is 72.9 cm³/mol. The van der Waals surface area contributed by atoms with Crippen molar-refractivity contribution in [2.45, 2.75) is 56.4 Å². The number of β-amino-alcohol motifs (C(OH)–C–C–N with tert-alkyl or cyclic N) is 1. The lowest BCUT2D eigenvalue weighted by molar-refractivity contribution is -0.141. The fourth-order valence-corrected chi connectivity index (χ4v) is 3.76. The highest BCUT2D eigenvalue weighted by atomic mass is 16.5. The Morgan fingerprint density at radius 1 is 1.14 bits per heavy atom. The van der Waals surface area contributed by atoms with Crippen LogP contribution in [0.1, 0.15) is 32.1 Å². The second kappa shape index (κ2) is 5.81. The number of carbonyl (C=O) groups is 2. The molecule has 3 fully saturated rings. The number of aliphatic carboxylic acids is 1. The number of likely N-dealkylation sites (tertiary alicyclic amines) is 1. The van der Waals surface area contributed by atoms with E-state index in [1.807, 2.05) is 0 Å². The molecule has 0 aromatic heterocycles. The smallest absolute Gasteiger partial charge is 0.326 e. The van der Waals surface area contributed by atoms with E-state index in [1.54, 1.807) is 4.90 Å². The van der Waals surface area contributed by atoms with Crippen LogP contribution in [0.25, 0.3) is 0 Å². The van der Waals surface area contributed by atoms with E-state index < -0.39 is 18.1 Å². The first kappa shape index (κ1) is 14.6. The molecule has 0 bridgehead atoms. The van der Waals surface area contributed by atoms with Crippen molar-refractivity contribution in [3.8, 4) is 0 Å². The Bertz CT molecular complexity index is 428. The molecule has 7 heteroatoms. The van der Waals surface area contributed by atoms with Crippen LogP contribution in [0.2, 0.25) is 0 Å². The lowest BCUT2D eigenvalue weighted by Gasteiger charge is -2.45. The molecule has 2 saturated heterocycles. The second-order valence-electron chi connectivity index (χ2n) is 6.13. The molecule has 2 aliphatic heterocycles. The number of carboxylic acid groups (broad SMARTS) is 1. The molecule has 4 atom stereocenters. The van der Waals surface area contributed by atoms with Crippen LogP contribution in [0.4, 0.5) is 4.79 Å². The van der Waals surface area contributed by atoms with Crippen LogP contribution in [0.3, 0.4) is 0 Å². The SMILES string of the molecule is O=C(O)[C@@H]1CC(O)CN1C(=O)N1CCOC2CCCCC21. The van der Waals surface area contributed by atoms with E-state index in [0.717, 1.165) is 25.7 Å². The highest BCUT2D eigenvalue weighted by molar-refractivity contribution is 5.83. The Morgan fingerprint density at radius 3 is 2.67 bits per heavy atom. The van der Waals surface area contributed by atoms with Crippen LogP contribution in [0.15, 0.2) is 0 Å². The number of morpholine rings is 1. The van der Waals surface area contributed by atoms with Gasteiger partial charge < -0.3 is 24.7 Å². The normalized spacial score (nSPS) is 36.4. The third-order valence-electron chi connectivity index (χ3n) is 4.79. The van der Waals surface area contributed by atoms with E-state index in [2.05, 4.69) is 0 Å². The van der Waals surface area contributed by atoms with Crippen molar-refractivity contribution in [3.05, 3.63) is 0 Å². The number of amides is 2. The van der Waals surface area contributed by atoms with Crippen molar-refractivity contribution in [2.24, 2.45) is 0 Å². The van der Waals surface area contributed by atoms with Gasteiger partial charge in [0.1, 0.15) is 6.04 Å². The molecular formula is C14H22N2O5. The number of nitrogens with zero attached hydrogens (tertiary/aromatic N) is 2. The van der Waals surface area contributed by atoms with Gasteiger partial charge in [-0.15, -0.1) is 0 Å². The van der Waals surface area contributed by atoms with Gasteiger partial charge in [0.15, 0.2) is 0 Å². The van der Waals surface area contributed by atoms with E-state index in [9.17, 15) is 19.8 Å². The van der Waals surface area contributed by atoms with Crippen LogP contribution < -0.4 is 0 Å². The predicted octanol–water partition coefficient (Wildman–Crippen LogP) is 0.270. The average molecular weight is 298 g/mol. The Balaban J connectivity index is 1.75. The van der Waals surface area contributed by atoms with Gasteiger partial charge in [-0.05, 0) is 12.8 Å². The molecule has 118 valence electrons. The van der Waals surface area contributed by atoms with E-state index in [-0.39, 0.29) is 31.1 Å². The van der Waals surface area contributed by atoms with E-state index in [4.69, 9.17) is 4.74 Å². The molecule has 21 heavy (non-hydrogen) atoms. The maximum atomic E-state index is 12.7. The Kier molecular flexibility index (Phi) is 4.03. The molecule has 7 nitrogen and oxygen atoms in total. The minimum absolute atomic E-state index is 0.0483. The van der Waals surface area contributed by atoms with Crippen molar-refractivity contribution in [3.63, 3.8) is 0 Å². The summed E-state index contributed by atoms with van der Waals surface area (Å²) in [6, 6.07) is -1.14. The Morgan fingerprint density at radius 2 is 1.90 bits per heavy atom. The molecule has 0 radical (unpaired) electrons. The molecular weight excluding hydrogens is 276 g/mol. The summed E-state index contributed by atoms with van der Waals surface area (Å²) in [6.45, 7) is 1.10. The number of fused-ring (bicyclic) bond motifs is 1. The number of aliphatic hydroxyl groups excluding tert-OH is 1. The molecule has 2 N–H and O–H groups in total. The summed E-state index contributed by atoms with van der Waals surface area (Å²) in [6.07, 6.45) is 3.48. The first-order valence-corrected chi connectivity index (χ1v) is 7.67. The summed E-state index contributed by atoms with van der Waals surface area (Å²) < 4.78 is 5.74. The topological polar surface area (TPSA) is 90.3 Å². The number of rotatable bonds is 1. The molecule has 3 aliphatic rings. The first-order chi connectivity index (χ1) is 10.1. The van der Waals surface area contributed by atoms with E-state index in [1.165, 1.54) is 4.90 Å². The fraction of sp³-hybridized carbons (Fsp3) is 0.857. The number of hydrogen-bond donors (Lipinski definition) is 2. The molecule has 0 aromatic carbocycles. The molecule has 3 unspecified atom stereocenters. The van der Waals surface area contributed by atoms with Gasteiger partial charge in [0, 0.05) is 19.5 Å². The largest absolute Gasteiger partial charge is 0.480 e. The van der Waals surface area contributed by atoms with Gasteiger partial charge in [0.25, 0.3) is 0 Å². The fourth-order valence-electron chi connectivity index (χ4n) is 3.76. The third kappa shape index (κ3) is 2.72. The van der Waals surface area contributed by atoms with Crippen molar-refractivity contribution in [1.82, 2.24) is 9.80 Å². The zero-order chi connectivity index (χ0) is 15.0. The van der Waals surface area contributed by atoms with Gasteiger partial charge in [0.2, 0.25) is 0 Å². The molecule has 2 heterocycles. The quantitative estimate of drug-likeness (QED) is 0.725. The number of ether oxygens (including phenoxy) is 1. The molecule has 0 spiro atoms. The number of aliphatic hydroxyl groups is 1. The Labute approximate surface area is 123 Å². The van der Waals surface area contributed by atoms with Gasteiger partial charge in [0.05, 0.1) is 24.9 Å². The van der Waals surface area contributed by atoms with Crippen molar-refractivity contribution in [2.75, 3.05) is 19.7 Å². The summed E-state index contributed by atoms with van der Waals surface area (Å²) in [5.41, 5.74) is 0. The van der Waals surface area contributed by atoms with Crippen molar-refractivity contribution >= 4 is 12.0 Å². The lowest BCUT2D eigenvalue weighted by atomic mass is 9.90. The maximum Gasteiger partial charge on any atom is 0.326 e. The number of carbonyl (C=O) groups excluding carboxylic acids is 1. The van der Waals surface area contributed by atoms with Crippen LogP contribution in [-0.2, 0) is 9.53 Å². The number of hydrogen-bond acceptors (Lipinski definition) is 4. The van der Waals surface area contributed by atoms with E-state index >= 15 is 0 Å². The van der Waals surface area contributed by atoms with Crippen LogP contribution in [0.5, 0.6) is 0 Å². The monoisotopic (exact) mass is 298 g/mol. The molecule has 3 rings (SSSR count). The minimum Gasteiger partial charge on any atom is -0.480 e. The van der Waals surface area contributed by atoms with Gasteiger partial charge in [-0.2, -0.15) is 0 Å². The standard InChI is InChI=1S/C14H22N2O5/c17-9-7-11(13(18)19)16(8-9)14(20)15-5-6-21-12-4-2-1-3-10(12)15/h9-12,17H,1-8H2,(H,18,19)/t9?,10?,11-,12?/m0/s1. The second-order valence-corrected chi connectivity index (χ2v) is 6.13. The van der Waals surface area contributed by atoms with Crippen molar-refractivity contribution < 1.29 is 24.5 Å². The highest BCUT2D eigenvalue weighted by Crippen LogP contribution is 2.30. The van der Waals surface area contributed by atoms with E-state index in [0.29, 0.717) is 13.2 Å². The summed E-state index contributed by atoms with van der Waals surface area (Å²) in [5.74, 6) is -1.05. The first-order valence-electron chi connectivity index (χ1n) is 7.67. The third-order valence-corrected chi connectivity index (χ3v) is 4.79. The number of carboxylic acids is 1. The average Bonchev–Trinajstić information content (AvgIpc) is 2.88. The van der Waals surface area contributed by atoms with Crippen LogP contribution >= 0.6 is 0 Å². The molecule has 0 aromatic rings. The van der Waals surface area contributed by atoms with Gasteiger partial charge >= 0.3 is 12.0 Å². The lowest BCUT2D eigenvalue weighted by Crippen LogP contribution is -2.59. The molecule has 1 aliphatic carbocycles. The minimum atomic E-state index is -1.05.